The Morgan fingerprint density at radius 1 is 1.28 bits per heavy atom. The molecule has 0 amide bonds. The lowest BCUT2D eigenvalue weighted by Gasteiger charge is -2.30. The molecular formula is C18H23NO5S. The van der Waals surface area contributed by atoms with Crippen LogP contribution in [0.1, 0.15) is 38.5 Å². The van der Waals surface area contributed by atoms with Gasteiger partial charge in [-0.1, -0.05) is 32.1 Å². The summed E-state index contributed by atoms with van der Waals surface area (Å²) in [6, 6.07) is -0.696. The van der Waals surface area contributed by atoms with E-state index in [1.807, 2.05) is 0 Å². The van der Waals surface area contributed by atoms with Crippen LogP contribution in [0.25, 0.3) is 0 Å². The van der Waals surface area contributed by atoms with Gasteiger partial charge in [-0.05, 0) is 30.1 Å². The van der Waals surface area contributed by atoms with E-state index in [4.69, 9.17) is 0 Å². The lowest BCUT2D eigenvalue weighted by molar-refractivity contribution is -0.142. The van der Waals surface area contributed by atoms with Crippen molar-refractivity contribution >= 4 is 21.6 Å². The van der Waals surface area contributed by atoms with Gasteiger partial charge in [0.25, 0.3) is 0 Å². The van der Waals surface area contributed by atoms with Crippen LogP contribution in [0.3, 0.4) is 0 Å². The fourth-order valence-corrected chi connectivity index (χ4v) is 5.10. The Morgan fingerprint density at radius 2 is 1.96 bits per heavy atom. The number of carbonyl (C=O) groups excluding carboxylic acids is 1. The van der Waals surface area contributed by atoms with Crippen molar-refractivity contribution in [2.45, 2.75) is 44.6 Å². The minimum atomic E-state index is -3.66. The molecule has 0 bridgehead atoms. The van der Waals surface area contributed by atoms with Gasteiger partial charge in [-0.3, -0.25) is 4.79 Å². The monoisotopic (exact) mass is 365 g/mol. The molecule has 1 N–H and O–H groups in total. The third kappa shape index (κ3) is 3.71. The smallest absolute Gasteiger partial charge is 0.326 e. The Labute approximate surface area is 147 Å². The fourth-order valence-electron chi connectivity index (χ4n) is 4.04. The van der Waals surface area contributed by atoms with E-state index in [0.29, 0.717) is 23.5 Å². The van der Waals surface area contributed by atoms with E-state index in [0.717, 1.165) is 31.9 Å². The summed E-state index contributed by atoms with van der Waals surface area (Å²) in [5.41, 5.74) is 1.04. The summed E-state index contributed by atoms with van der Waals surface area (Å²) in [6.07, 6.45) is 11.6. The molecule has 136 valence electrons. The van der Waals surface area contributed by atoms with Gasteiger partial charge in [0, 0.05) is 24.6 Å². The fraction of sp³-hybridized carbons (Fsp3) is 0.556. The molecule has 1 atom stereocenters. The van der Waals surface area contributed by atoms with Gasteiger partial charge in [-0.2, -0.15) is 0 Å². The molecule has 0 unspecified atom stereocenters. The van der Waals surface area contributed by atoms with E-state index in [-0.39, 0.29) is 11.4 Å². The number of carbonyl (C=O) groups is 2. The zero-order valence-corrected chi connectivity index (χ0v) is 15.1. The number of fused-ring (bicyclic) bond motifs is 1. The number of ketones is 1. The summed E-state index contributed by atoms with van der Waals surface area (Å²) in [7, 11) is -3.66. The number of carboxylic acids is 1. The molecule has 1 heterocycles. The summed E-state index contributed by atoms with van der Waals surface area (Å²) in [6.45, 7) is 0.150. The Hall–Kier alpha value is -1.89. The van der Waals surface area contributed by atoms with Crippen molar-refractivity contribution in [1.29, 1.82) is 0 Å². The van der Waals surface area contributed by atoms with Gasteiger partial charge in [0.05, 0.1) is 0 Å². The van der Waals surface area contributed by atoms with Crippen LogP contribution < -0.4 is 0 Å². The molecule has 25 heavy (non-hydrogen) atoms. The molecule has 7 heteroatoms. The molecule has 0 aromatic rings. The average Bonchev–Trinajstić information content (AvgIpc) is 2.95. The highest BCUT2D eigenvalue weighted by molar-refractivity contribution is 7.95. The Balaban J connectivity index is 1.87. The number of hydrogen-bond donors (Lipinski definition) is 1. The van der Waals surface area contributed by atoms with Crippen molar-refractivity contribution in [2.75, 3.05) is 12.8 Å². The lowest BCUT2D eigenvalue weighted by Crippen LogP contribution is -2.39. The van der Waals surface area contributed by atoms with Crippen LogP contribution in [0.4, 0.5) is 0 Å². The van der Waals surface area contributed by atoms with E-state index in [1.165, 1.54) is 12.5 Å². The summed E-state index contributed by atoms with van der Waals surface area (Å²) in [5.74, 6) is -1.05. The van der Waals surface area contributed by atoms with Crippen molar-refractivity contribution in [3.8, 4) is 0 Å². The zero-order chi connectivity index (χ0) is 18.2. The van der Waals surface area contributed by atoms with Gasteiger partial charge in [-0.15, -0.1) is 0 Å². The molecule has 3 aliphatic rings. The minimum absolute atomic E-state index is 0.150. The third-order valence-corrected chi connectivity index (χ3v) is 6.43. The van der Waals surface area contributed by atoms with Gasteiger partial charge < -0.3 is 10.0 Å². The number of sulfone groups is 1. The van der Waals surface area contributed by atoms with Crippen molar-refractivity contribution in [1.82, 2.24) is 4.90 Å². The number of aliphatic carboxylic acids is 1. The number of rotatable bonds is 5. The summed E-state index contributed by atoms with van der Waals surface area (Å²) in [4.78, 5) is 25.3. The van der Waals surface area contributed by atoms with Gasteiger partial charge in [-0.25, -0.2) is 13.2 Å². The maximum atomic E-state index is 12.0. The van der Waals surface area contributed by atoms with E-state index in [2.05, 4.69) is 0 Å². The number of allylic oxidation sites excluding steroid dienone is 3. The molecule has 1 fully saturated rings. The third-order valence-electron chi connectivity index (χ3n) is 5.24. The van der Waals surface area contributed by atoms with Crippen molar-refractivity contribution in [3.63, 3.8) is 0 Å². The lowest BCUT2D eigenvalue weighted by atomic mass is 9.84. The first-order valence-electron chi connectivity index (χ1n) is 8.63. The maximum absolute atomic E-state index is 12.0. The Bertz CT molecular complexity index is 784. The Kier molecular flexibility index (Phi) is 4.86. The van der Waals surface area contributed by atoms with Crippen LogP contribution in [0.2, 0.25) is 0 Å². The molecule has 2 aliphatic carbocycles. The van der Waals surface area contributed by atoms with Crippen LogP contribution in [0, 0.1) is 5.92 Å². The largest absolute Gasteiger partial charge is 0.480 e. The predicted octanol–water partition coefficient (Wildman–Crippen LogP) is 2.05. The standard InChI is InChI=1S/C18H23NO5S/c1-25(23,24)17-14-11-19(10-13(14)7-8-16(17)20)15(18(21)22)9-12-5-3-2-4-6-12/h7-8,10,12,15H,2-6,9,11H2,1H3,(H,21,22)/t15-/m0/s1. The summed E-state index contributed by atoms with van der Waals surface area (Å²) < 4.78 is 24.0. The van der Waals surface area contributed by atoms with E-state index in [1.54, 1.807) is 17.2 Å². The number of nitrogens with zero attached hydrogens (tertiary/aromatic N) is 1. The van der Waals surface area contributed by atoms with Crippen molar-refractivity contribution < 1.29 is 23.1 Å². The molecule has 0 aromatic heterocycles. The van der Waals surface area contributed by atoms with Gasteiger partial charge in [0.15, 0.2) is 15.6 Å². The normalized spacial score (nSPS) is 22.8. The van der Waals surface area contributed by atoms with Crippen LogP contribution in [-0.4, -0.2) is 49.0 Å². The van der Waals surface area contributed by atoms with Crippen LogP contribution in [-0.2, 0) is 19.4 Å². The summed E-state index contributed by atoms with van der Waals surface area (Å²) in [5, 5.41) is 9.69. The van der Waals surface area contributed by atoms with Gasteiger partial charge in [0.2, 0.25) is 0 Å². The second kappa shape index (κ2) is 6.78. The second-order valence-corrected chi connectivity index (χ2v) is 9.08. The summed E-state index contributed by atoms with van der Waals surface area (Å²) >= 11 is 0. The average molecular weight is 365 g/mol. The van der Waals surface area contributed by atoms with Gasteiger partial charge in [0.1, 0.15) is 10.9 Å². The number of carboxylic acid groups (broad SMARTS) is 1. The van der Waals surface area contributed by atoms with Gasteiger partial charge >= 0.3 is 5.97 Å². The molecule has 0 aromatic carbocycles. The van der Waals surface area contributed by atoms with Crippen LogP contribution in [0.5, 0.6) is 0 Å². The quantitative estimate of drug-likeness (QED) is 0.802. The highest BCUT2D eigenvalue weighted by atomic mass is 32.2. The highest BCUT2D eigenvalue weighted by Gasteiger charge is 2.36. The molecule has 1 saturated carbocycles. The minimum Gasteiger partial charge on any atom is -0.480 e. The van der Waals surface area contributed by atoms with Crippen molar-refractivity contribution in [3.05, 3.63) is 34.4 Å². The first-order valence-corrected chi connectivity index (χ1v) is 10.5. The SMILES string of the molecule is CS(=O)(=O)C1=C2CN([C@@H](CC3CCCCC3)C(=O)O)C=C2C=CC1=O. The van der Waals surface area contributed by atoms with Crippen LogP contribution >= 0.6 is 0 Å². The van der Waals surface area contributed by atoms with Crippen LogP contribution in [0.15, 0.2) is 34.4 Å². The topological polar surface area (TPSA) is 91.8 Å². The molecule has 0 spiro atoms. The number of hydrogen-bond acceptors (Lipinski definition) is 5. The second-order valence-electron chi connectivity index (χ2n) is 7.13. The first kappa shape index (κ1) is 17.9. The van der Waals surface area contributed by atoms with Crippen molar-refractivity contribution in [2.24, 2.45) is 5.92 Å². The highest BCUT2D eigenvalue weighted by Crippen LogP contribution is 2.35. The predicted molar refractivity (Wildman–Crippen MR) is 93.4 cm³/mol. The van der Waals surface area contributed by atoms with E-state index >= 15 is 0 Å². The van der Waals surface area contributed by atoms with E-state index in [9.17, 15) is 23.1 Å². The molecule has 0 radical (unpaired) electrons. The molecule has 6 nitrogen and oxygen atoms in total. The zero-order valence-electron chi connectivity index (χ0n) is 14.3. The molecule has 0 saturated heterocycles. The molecular weight excluding hydrogens is 342 g/mol. The Morgan fingerprint density at radius 3 is 2.56 bits per heavy atom. The van der Waals surface area contributed by atoms with E-state index < -0.39 is 27.6 Å². The maximum Gasteiger partial charge on any atom is 0.326 e. The molecule has 1 aliphatic heterocycles. The molecule has 3 rings (SSSR count). The first-order chi connectivity index (χ1) is 11.8.